The van der Waals surface area contributed by atoms with Gasteiger partial charge in [-0.2, -0.15) is 0 Å². The quantitative estimate of drug-likeness (QED) is 0.394. The van der Waals surface area contributed by atoms with Gasteiger partial charge in [0.15, 0.2) is 16.6 Å². The SMILES string of the molecule is O=C(c1cccc(N2C(=O)CCC2=O)c1)N(Cc1cccnc1)c1nc2cc3c(cc2s1)OCO3. The maximum absolute atomic E-state index is 13.8. The summed E-state index contributed by atoms with van der Waals surface area (Å²) in [5, 5.41) is 0.497. The normalized spacial score (nSPS) is 14.7. The Balaban J connectivity index is 1.39. The first kappa shape index (κ1) is 21.2. The van der Waals surface area contributed by atoms with Crippen LogP contribution in [-0.4, -0.2) is 34.5 Å². The third-order valence-electron chi connectivity index (χ3n) is 5.81. The first-order chi connectivity index (χ1) is 17.1. The number of carbonyl (C=O) groups is 3. The van der Waals surface area contributed by atoms with Crippen molar-refractivity contribution in [3.05, 3.63) is 72.1 Å². The molecule has 6 rings (SSSR count). The molecule has 0 radical (unpaired) electrons. The number of hydrogen-bond acceptors (Lipinski definition) is 8. The Bertz CT molecular complexity index is 1430. The van der Waals surface area contributed by atoms with E-state index in [-0.39, 0.29) is 43.9 Å². The van der Waals surface area contributed by atoms with E-state index in [0.29, 0.717) is 33.4 Å². The molecule has 3 amide bonds. The Morgan fingerprint density at radius 2 is 1.83 bits per heavy atom. The van der Waals surface area contributed by atoms with Gasteiger partial charge in [0.2, 0.25) is 18.6 Å². The molecule has 0 spiro atoms. The Labute approximate surface area is 203 Å². The summed E-state index contributed by atoms with van der Waals surface area (Å²) in [5.74, 6) is 0.414. The van der Waals surface area contributed by atoms with Gasteiger partial charge < -0.3 is 9.47 Å². The fraction of sp³-hybridized carbons (Fsp3) is 0.160. The lowest BCUT2D eigenvalue weighted by Gasteiger charge is -2.21. The topological polar surface area (TPSA) is 102 Å². The number of thiazole rings is 1. The minimum absolute atomic E-state index is 0.170. The number of nitrogens with zero attached hydrogens (tertiary/aromatic N) is 4. The van der Waals surface area contributed by atoms with Gasteiger partial charge in [0, 0.05) is 42.9 Å². The highest BCUT2D eigenvalue weighted by Crippen LogP contribution is 2.40. The summed E-state index contributed by atoms with van der Waals surface area (Å²) in [5.41, 5.74) is 2.25. The smallest absolute Gasteiger partial charge is 0.260 e. The average Bonchev–Trinajstić information content (AvgIpc) is 3.59. The van der Waals surface area contributed by atoms with Gasteiger partial charge >= 0.3 is 0 Å². The van der Waals surface area contributed by atoms with Crippen molar-refractivity contribution in [2.45, 2.75) is 19.4 Å². The lowest BCUT2D eigenvalue weighted by Crippen LogP contribution is -2.31. The molecule has 0 atom stereocenters. The van der Waals surface area contributed by atoms with Crippen molar-refractivity contribution >= 4 is 50.1 Å². The molecule has 0 bridgehead atoms. The van der Waals surface area contributed by atoms with Gasteiger partial charge in [-0.05, 0) is 29.8 Å². The number of fused-ring (bicyclic) bond motifs is 2. The van der Waals surface area contributed by atoms with Crippen molar-refractivity contribution in [1.29, 1.82) is 0 Å². The van der Waals surface area contributed by atoms with Crippen LogP contribution in [0, 0.1) is 0 Å². The summed E-state index contributed by atoms with van der Waals surface area (Å²) in [6.45, 7) is 0.411. The number of aromatic nitrogens is 2. The molecule has 2 aromatic carbocycles. The number of imide groups is 1. The molecule has 174 valence electrons. The molecule has 35 heavy (non-hydrogen) atoms. The second-order valence-electron chi connectivity index (χ2n) is 8.10. The second-order valence-corrected chi connectivity index (χ2v) is 9.10. The summed E-state index contributed by atoms with van der Waals surface area (Å²) >= 11 is 1.36. The number of anilines is 2. The average molecular weight is 487 g/mol. The lowest BCUT2D eigenvalue weighted by molar-refractivity contribution is -0.121. The van der Waals surface area contributed by atoms with Crippen LogP contribution < -0.4 is 19.3 Å². The van der Waals surface area contributed by atoms with Crippen molar-refractivity contribution in [3.8, 4) is 11.5 Å². The van der Waals surface area contributed by atoms with Crippen LogP contribution in [0.5, 0.6) is 11.5 Å². The number of carbonyl (C=O) groups excluding carboxylic acids is 3. The molecule has 0 unspecified atom stereocenters. The van der Waals surface area contributed by atoms with E-state index in [4.69, 9.17) is 14.5 Å². The lowest BCUT2D eigenvalue weighted by atomic mass is 10.1. The highest BCUT2D eigenvalue weighted by molar-refractivity contribution is 7.22. The van der Waals surface area contributed by atoms with E-state index in [1.807, 2.05) is 12.1 Å². The highest BCUT2D eigenvalue weighted by Gasteiger charge is 2.31. The van der Waals surface area contributed by atoms with E-state index in [0.717, 1.165) is 15.2 Å². The number of rotatable bonds is 5. The van der Waals surface area contributed by atoms with Crippen LogP contribution in [0.2, 0.25) is 0 Å². The Kier molecular flexibility index (Phi) is 5.14. The first-order valence-electron chi connectivity index (χ1n) is 10.9. The molecule has 2 aromatic heterocycles. The number of benzene rings is 2. The molecule has 0 N–H and O–H groups in total. The van der Waals surface area contributed by atoms with E-state index in [1.54, 1.807) is 53.7 Å². The van der Waals surface area contributed by atoms with E-state index in [9.17, 15) is 14.4 Å². The summed E-state index contributed by atoms with van der Waals surface area (Å²) in [4.78, 5) is 49.8. The molecule has 1 fully saturated rings. The van der Waals surface area contributed by atoms with Crippen molar-refractivity contribution in [2.24, 2.45) is 0 Å². The molecular weight excluding hydrogens is 468 g/mol. The van der Waals surface area contributed by atoms with Gasteiger partial charge in [-0.3, -0.25) is 29.2 Å². The van der Waals surface area contributed by atoms with Gasteiger partial charge in [0.05, 0.1) is 22.4 Å². The minimum atomic E-state index is -0.311. The van der Waals surface area contributed by atoms with Crippen molar-refractivity contribution in [2.75, 3.05) is 16.6 Å². The fourth-order valence-electron chi connectivity index (χ4n) is 4.12. The summed E-state index contributed by atoms with van der Waals surface area (Å²) in [6, 6.07) is 13.9. The van der Waals surface area contributed by atoms with E-state index in [2.05, 4.69) is 4.98 Å². The van der Waals surface area contributed by atoms with E-state index in [1.165, 1.54) is 11.3 Å². The maximum Gasteiger partial charge on any atom is 0.260 e. The van der Waals surface area contributed by atoms with Crippen LogP contribution in [0.25, 0.3) is 10.2 Å². The molecule has 10 heteroatoms. The largest absolute Gasteiger partial charge is 0.454 e. The number of hydrogen-bond donors (Lipinski definition) is 0. The fourth-order valence-corrected chi connectivity index (χ4v) is 5.09. The molecule has 1 saturated heterocycles. The van der Waals surface area contributed by atoms with Gasteiger partial charge in [-0.25, -0.2) is 4.98 Å². The Morgan fingerprint density at radius 3 is 2.60 bits per heavy atom. The Hall–Kier alpha value is -4.31. The van der Waals surface area contributed by atoms with Crippen LogP contribution in [0.15, 0.2) is 60.9 Å². The number of pyridine rings is 1. The zero-order chi connectivity index (χ0) is 23.9. The molecule has 4 aromatic rings. The van der Waals surface area contributed by atoms with Crippen LogP contribution >= 0.6 is 11.3 Å². The number of ether oxygens (including phenoxy) is 2. The van der Waals surface area contributed by atoms with Gasteiger partial charge in [-0.1, -0.05) is 23.5 Å². The molecule has 0 saturated carbocycles. The zero-order valence-corrected chi connectivity index (χ0v) is 19.2. The molecule has 4 heterocycles. The van der Waals surface area contributed by atoms with Gasteiger partial charge in [0.1, 0.15) is 0 Å². The zero-order valence-electron chi connectivity index (χ0n) is 18.3. The summed E-state index contributed by atoms with van der Waals surface area (Å²) in [6.07, 6.45) is 3.71. The van der Waals surface area contributed by atoms with Crippen LogP contribution in [0.3, 0.4) is 0 Å². The molecule has 2 aliphatic rings. The highest BCUT2D eigenvalue weighted by atomic mass is 32.1. The third kappa shape index (κ3) is 3.87. The van der Waals surface area contributed by atoms with Gasteiger partial charge in [0.25, 0.3) is 5.91 Å². The van der Waals surface area contributed by atoms with E-state index < -0.39 is 0 Å². The maximum atomic E-state index is 13.8. The third-order valence-corrected chi connectivity index (χ3v) is 6.86. The Morgan fingerprint density at radius 1 is 1.03 bits per heavy atom. The van der Waals surface area contributed by atoms with Crippen LogP contribution in [-0.2, 0) is 16.1 Å². The standard InChI is InChI=1S/C25H18N4O5S/c30-22-6-7-23(31)29(22)17-5-1-4-16(9-17)24(32)28(13-15-3-2-8-26-12-15)25-27-18-10-19-20(34-14-33-19)11-21(18)35-25/h1-5,8-12H,6-7,13-14H2. The van der Waals surface area contributed by atoms with Crippen molar-refractivity contribution < 1.29 is 23.9 Å². The second kappa shape index (κ2) is 8.48. The molecule has 0 aliphatic carbocycles. The minimum Gasteiger partial charge on any atom is -0.454 e. The molecule has 2 aliphatic heterocycles. The monoisotopic (exact) mass is 486 g/mol. The summed E-state index contributed by atoms with van der Waals surface area (Å²) < 4.78 is 11.8. The van der Waals surface area contributed by atoms with Crippen LogP contribution in [0.1, 0.15) is 28.8 Å². The molecule has 9 nitrogen and oxygen atoms in total. The van der Waals surface area contributed by atoms with Gasteiger partial charge in [-0.15, -0.1) is 0 Å². The van der Waals surface area contributed by atoms with Crippen molar-refractivity contribution in [1.82, 2.24) is 9.97 Å². The van der Waals surface area contributed by atoms with Crippen LogP contribution in [0.4, 0.5) is 10.8 Å². The predicted molar refractivity (Wildman–Crippen MR) is 129 cm³/mol. The summed E-state index contributed by atoms with van der Waals surface area (Å²) in [7, 11) is 0. The number of amides is 3. The predicted octanol–water partition coefficient (Wildman–Crippen LogP) is 3.92. The van der Waals surface area contributed by atoms with Crippen molar-refractivity contribution in [3.63, 3.8) is 0 Å². The molecular formula is C25H18N4O5S. The van der Waals surface area contributed by atoms with E-state index >= 15 is 0 Å². The first-order valence-corrected chi connectivity index (χ1v) is 11.8.